The van der Waals surface area contributed by atoms with Crippen LogP contribution in [0.15, 0.2) is 21.6 Å². The molecule has 5 nitrogen and oxygen atoms in total. The van der Waals surface area contributed by atoms with E-state index in [1.807, 2.05) is 6.92 Å². The molecule has 0 saturated carbocycles. The molecule has 0 aliphatic rings. The minimum absolute atomic E-state index is 0.0479. The Kier molecular flexibility index (Phi) is 6.88. The van der Waals surface area contributed by atoms with Crippen LogP contribution in [0.25, 0.3) is 0 Å². The molecule has 19 heavy (non-hydrogen) atoms. The van der Waals surface area contributed by atoms with Crippen molar-refractivity contribution < 1.29 is 4.74 Å². The molecule has 0 bridgehead atoms. The van der Waals surface area contributed by atoms with Gasteiger partial charge in [0.1, 0.15) is 0 Å². The monoisotopic (exact) mass is 368 g/mol. The summed E-state index contributed by atoms with van der Waals surface area (Å²) < 4.78 is 5.72. The lowest BCUT2D eigenvalue weighted by Gasteiger charge is -2.14. The smallest absolute Gasteiger partial charge is 0.210 e. The Morgan fingerprint density at radius 3 is 2.74 bits per heavy atom. The van der Waals surface area contributed by atoms with Gasteiger partial charge >= 0.3 is 0 Å². The Bertz CT molecular complexity index is 470. The summed E-state index contributed by atoms with van der Waals surface area (Å²) in [6.07, 6.45) is 0. The molecule has 8 heteroatoms. The summed E-state index contributed by atoms with van der Waals surface area (Å²) in [5, 5.41) is 3.79. The van der Waals surface area contributed by atoms with Crippen LogP contribution >= 0.6 is 39.1 Å². The third-order valence-corrected chi connectivity index (χ3v) is 3.95. The van der Waals surface area contributed by atoms with Crippen molar-refractivity contribution in [1.82, 2.24) is 5.43 Å². The molecule has 0 radical (unpaired) electrons. The number of guanidine groups is 1. The van der Waals surface area contributed by atoms with Crippen LogP contribution < -0.4 is 16.6 Å². The molecular formula is C11H15BrCl2N4O. The van der Waals surface area contributed by atoms with Gasteiger partial charge in [0.05, 0.1) is 28.4 Å². The number of hydrogen-bond donors (Lipinski definition) is 3. The van der Waals surface area contributed by atoms with Gasteiger partial charge in [-0.05, 0) is 35.0 Å². The number of methoxy groups -OCH3 is 1. The minimum Gasteiger partial charge on any atom is -0.382 e. The highest BCUT2D eigenvalue weighted by atomic mass is 79.9. The van der Waals surface area contributed by atoms with Crippen molar-refractivity contribution in [2.75, 3.05) is 19.0 Å². The zero-order chi connectivity index (χ0) is 14.4. The predicted octanol–water partition coefficient (Wildman–Crippen LogP) is 3.02. The molecule has 0 spiro atoms. The first-order valence-corrected chi connectivity index (χ1v) is 6.98. The van der Waals surface area contributed by atoms with Crippen molar-refractivity contribution in [3.63, 3.8) is 0 Å². The zero-order valence-electron chi connectivity index (χ0n) is 10.5. The number of benzene rings is 1. The number of aliphatic imine (C=N–C) groups is 1. The van der Waals surface area contributed by atoms with Crippen LogP contribution in [0.2, 0.25) is 10.0 Å². The van der Waals surface area contributed by atoms with Crippen molar-refractivity contribution >= 4 is 50.8 Å². The first-order chi connectivity index (χ1) is 8.99. The summed E-state index contributed by atoms with van der Waals surface area (Å²) in [5.74, 6) is 5.79. The summed E-state index contributed by atoms with van der Waals surface area (Å²) in [7, 11) is 1.61. The van der Waals surface area contributed by atoms with E-state index in [0.717, 1.165) is 4.47 Å². The van der Waals surface area contributed by atoms with Gasteiger partial charge in [-0.3, -0.25) is 5.43 Å². The Morgan fingerprint density at radius 1 is 1.47 bits per heavy atom. The van der Waals surface area contributed by atoms with Crippen molar-refractivity contribution in [2.45, 2.75) is 13.0 Å². The van der Waals surface area contributed by atoms with Gasteiger partial charge in [-0.1, -0.05) is 23.2 Å². The van der Waals surface area contributed by atoms with E-state index in [1.165, 1.54) is 0 Å². The fraction of sp³-hybridized carbons (Fsp3) is 0.364. The van der Waals surface area contributed by atoms with Crippen LogP contribution in [-0.2, 0) is 4.74 Å². The van der Waals surface area contributed by atoms with Crippen LogP contribution in [0.3, 0.4) is 0 Å². The van der Waals surface area contributed by atoms with E-state index in [2.05, 4.69) is 31.7 Å². The molecular weight excluding hydrogens is 355 g/mol. The van der Waals surface area contributed by atoms with Gasteiger partial charge in [-0.2, -0.15) is 0 Å². The normalized spacial score (nSPS) is 13.3. The first-order valence-electron chi connectivity index (χ1n) is 5.43. The Morgan fingerprint density at radius 2 is 2.16 bits per heavy atom. The van der Waals surface area contributed by atoms with E-state index in [0.29, 0.717) is 28.3 Å². The van der Waals surface area contributed by atoms with E-state index < -0.39 is 0 Å². The molecule has 0 aliphatic heterocycles. The maximum absolute atomic E-state index is 6.12. The molecule has 0 heterocycles. The minimum atomic E-state index is -0.0479. The van der Waals surface area contributed by atoms with Gasteiger partial charge < -0.3 is 10.1 Å². The van der Waals surface area contributed by atoms with Gasteiger partial charge in [0.25, 0.3) is 0 Å². The summed E-state index contributed by atoms with van der Waals surface area (Å²) in [5.41, 5.74) is 3.08. The van der Waals surface area contributed by atoms with Crippen molar-refractivity contribution in [3.8, 4) is 0 Å². The maximum Gasteiger partial charge on any atom is 0.210 e. The molecule has 0 saturated heterocycles. The summed E-state index contributed by atoms with van der Waals surface area (Å²) >= 11 is 15.5. The molecule has 1 rings (SSSR count). The third-order valence-electron chi connectivity index (χ3n) is 2.18. The Labute approximate surface area is 130 Å². The van der Waals surface area contributed by atoms with Gasteiger partial charge in [-0.15, -0.1) is 0 Å². The molecule has 0 aromatic heterocycles. The topological polar surface area (TPSA) is 71.7 Å². The first kappa shape index (κ1) is 16.5. The number of rotatable bonds is 4. The van der Waals surface area contributed by atoms with Crippen LogP contribution in [0, 0.1) is 0 Å². The molecule has 1 aromatic carbocycles. The van der Waals surface area contributed by atoms with Gasteiger partial charge in [-0.25, -0.2) is 10.8 Å². The summed E-state index contributed by atoms with van der Waals surface area (Å²) in [6.45, 7) is 2.39. The lowest BCUT2D eigenvalue weighted by Crippen LogP contribution is -2.37. The highest BCUT2D eigenvalue weighted by molar-refractivity contribution is 9.10. The fourth-order valence-electron chi connectivity index (χ4n) is 1.35. The largest absolute Gasteiger partial charge is 0.382 e. The van der Waals surface area contributed by atoms with Crippen LogP contribution in [0.4, 0.5) is 5.69 Å². The second kappa shape index (κ2) is 7.91. The molecule has 106 valence electrons. The second-order valence-corrected chi connectivity index (χ2v) is 5.38. The highest BCUT2D eigenvalue weighted by Crippen LogP contribution is 2.35. The molecule has 1 atom stereocenters. The number of ether oxygens (including phenoxy) is 1. The average molecular weight is 370 g/mol. The number of nitrogens with zero attached hydrogens (tertiary/aromatic N) is 1. The van der Waals surface area contributed by atoms with Gasteiger partial charge in [0.2, 0.25) is 5.96 Å². The van der Waals surface area contributed by atoms with Gasteiger partial charge in [0.15, 0.2) is 0 Å². The predicted molar refractivity (Wildman–Crippen MR) is 83.9 cm³/mol. The van der Waals surface area contributed by atoms with Crippen molar-refractivity contribution in [1.29, 1.82) is 0 Å². The average Bonchev–Trinajstić information content (AvgIpc) is 2.38. The standard InChI is InChI=1S/C11H15BrCl2N4O/c1-6(5-19-2)16-11(18-15)17-8-4-3-7(12)9(13)10(8)14/h3-4,6H,5,15H2,1-2H3,(H2,16,17,18). The number of nitrogens with two attached hydrogens (primary N) is 1. The van der Waals surface area contributed by atoms with E-state index in [4.69, 9.17) is 33.8 Å². The lowest BCUT2D eigenvalue weighted by atomic mass is 10.3. The maximum atomic E-state index is 6.12. The second-order valence-electron chi connectivity index (χ2n) is 3.77. The number of halogens is 3. The molecule has 1 unspecified atom stereocenters. The van der Waals surface area contributed by atoms with E-state index in [-0.39, 0.29) is 6.04 Å². The molecule has 1 aromatic rings. The summed E-state index contributed by atoms with van der Waals surface area (Å²) in [4.78, 5) is 4.30. The van der Waals surface area contributed by atoms with Gasteiger partial charge in [0, 0.05) is 11.6 Å². The molecule has 0 amide bonds. The van der Waals surface area contributed by atoms with Crippen LogP contribution in [0.1, 0.15) is 6.92 Å². The number of nitrogens with one attached hydrogen (secondary N) is 2. The molecule has 0 fully saturated rings. The zero-order valence-corrected chi connectivity index (χ0v) is 13.6. The highest BCUT2D eigenvalue weighted by Gasteiger charge is 2.10. The summed E-state index contributed by atoms with van der Waals surface area (Å²) in [6, 6.07) is 3.50. The lowest BCUT2D eigenvalue weighted by molar-refractivity contribution is 0.185. The fourth-order valence-corrected chi connectivity index (χ4v) is 2.18. The number of anilines is 1. The Hall–Kier alpha value is -0.530. The van der Waals surface area contributed by atoms with E-state index in [9.17, 15) is 0 Å². The van der Waals surface area contributed by atoms with Crippen LogP contribution in [0.5, 0.6) is 0 Å². The van der Waals surface area contributed by atoms with E-state index in [1.54, 1.807) is 19.2 Å². The molecule has 4 N–H and O–H groups in total. The Balaban J connectivity index is 2.90. The van der Waals surface area contributed by atoms with Crippen molar-refractivity contribution in [2.24, 2.45) is 10.8 Å². The quantitative estimate of drug-likeness (QED) is 0.251. The SMILES string of the molecule is COCC(C)N=C(NN)Nc1ccc(Br)c(Cl)c1Cl. The van der Waals surface area contributed by atoms with E-state index >= 15 is 0 Å². The number of hydrazine groups is 1. The van der Waals surface area contributed by atoms with Crippen LogP contribution in [-0.4, -0.2) is 25.7 Å². The third kappa shape index (κ3) is 4.81. The van der Waals surface area contributed by atoms with Crippen molar-refractivity contribution in [3.05, 3.63) is 26.7 Å². The number of hydrogen-bond acceptors (Lipinski definition) is 3. The molecule has 0 aliphatic carbocycles.